The van der Waals surface area contributed by atoms with E-state index in [9.17, 15) is 14.4 Å². The molecule has 0 fully saturated rings. The van der Waals surface area contributed by atoms with Crippen LogP contribution in [0, 0.1) is 6.92 Å². The molecule has 0 aliphatic heterocycles. The molecule has 0 N–H and O–H groups in total. The van der Waals surface area contributed by atoms with Crippen LogP contribution in [0.2, 0.25) is 0 Å². The number of carbonyl (C=O) groups is 3. The number of nitrogens with zero attached hydrogens (tertiary/aromatic N) is 1. The van der Waals surface area contributed by atoms with Gasteiger partial charge in [0.2, 0.25) is 5.78 Å². The van der Waals surface area contributed by atoms with Gasteiger partial charge in [-0.15, -0.1) is 0 Å². The highest BCUT2D eigenvalue weighted by Gasteiger charge is 2.39. The van der Waals surface area contributed by atoms with Gasteiger partial charge in [-0.25, -0.2) is 0 Å². The summed E-state index contributed by atoms with van der Waals surface area (Å²) >= 11 is 0. The van der Waals surface area contributed by atoms with Gasteiger partial charge in [0.25, 0.3) is 0 Å². The molecule has 4 heteroatoms. The molecule has 0 amide bonds. The van der Waals surface area contributed by atoms with E-state index in [1.807, 2.05) is 42.7 Å². The van der Waals surface area contributed by atoms with Gasteiger partial charge in [-0.2, -0.15) is 0 Å². The third-order valence-electron chi connectivity index (χ3n) is 5.35. The van der Waals surface area contributed by atoms with Gasteiger partial charge in [0, 0.05) is 28.9 Å². The highest BCUT2D eigenvalue weighted by atomic mass is 16.1. The summed E-state index contributed by atoms with van der Waals surface area (Å²) in [7, 11) is 0. The average Bonchev–Trinajstić information content (AvgIpc) is 3.07. The van der Waals surface area contributed by atoms with Crippen molar-refractivity contribution in [2.24, 2.45) is 0 Å². The maximum absolute atomic E-state index is 13.4. The summed E-state index contributed by atoms with van der Waals surface area (Å²) in [4.78, 5) is 39.6. The van der Waals surface area contributed by atoms with Crippen molar-refractivity contribution in [3.05, 3.63) is 87.7 Å². The second-order valence-corrected chi connectivity index (χ2v) is 7.05. The van der Waals surface area contributed by atoms with Crippen molar-refractivity contribution in [2.45, 2.75) is 33.6 Å². The number of aromatic nitrogens is 1. The number of aryl methyl sites for hydroxylation is 1. The van der Waals surface area contributed by atoms with Crippen LogP contribution >= 0.6 is 0 Å². The lowest BCUT2D eigenvalue weighted by Gasteiger charge is -2.18. The quantitative estimate of drug-likeness (QED) is 0.488. The molecular formula is C24H21NO3. The zero-order valence-electron chi connectivity index (χ0n) is 16.2. The first-order chi connectivity index (χ1) is 13.5. The first-order valence-electron chi connectivity index (χ1n) is 9.55. The van der Waals surface area contributed by atoms with Gasteiger partial charge < -0.3 is 4.57 Å². The second-order valence-electron chi connectivity index (χ2n) is 7.05. The normalized spacial score (nSPS) is 12.7. The molecule has 1 heterocycles. The minimum atomic E-state index is -0.248. The molecule has 0 saturated carbocycles. The Hall–Kier alpha value is -3.27. The zero-order valence-corrected chi connectivity index (χ0v) is 16.2. The summed E-state index contributed by atoms with van der Waals surface area (Å²) in [6, 6.07) is 14.6. The van der Waals surface area contributed by atoms with E-state index in [1.165, 1.54) is 0 Å². The number of hydrogen-bond donors (Lipinski definition) is 0. The Morgan fingerprint density at radius 1 is 0.893 bits per heavy atom. The molecule has 1 aromatic heterocycles. The summed E-state index contributed by atoms with van der Waals surface area (Å²) in [5.74, 6) is -0.572. The van der Waals surface area contributed by atoms with Crippen LogP contribution in [-0.2, 0) is 6.42 Å². The summed E-state index contributed by atoms with van der Waals surface area (Å²) < 4.78 is 1.81. The number of ketones is 3. The monoisotopic (exact) mass is 371 g/mol. The average molecular weight is 371 g/mol. The fourth-order valence-corrected chi connectivity index (χ4v) is 3.99. The fourth-order valence-electron chi connectivity index (χ4n) is 3.99. The topological polar surface area (TPSA) is 56.1 Å². The molecule has 0 radical (unpaired) electrons. The highest BCUT2D eigenvalue weighted by molar-refractivity contribution is 6.31. The Morgan fingerprint density at radius 2 is 1.50 bits per heavy atom. The van der Waals surface area contributed by atoms with Gasteiger partial charge >= 0.3 is 0 Å². The number of Topliss-reactive ketones (excluding diaryl/α,β-unsaturated/α-hetero) is 1. The Balaban J connectivity index is 2.13. The van der Waals surface area contributed by atoms with Crippen molar-refractivity contribution in [3.8, 4) is 5.69 Å². The van der Waals surface area contributed by atoms with Crippen LogP contribution in [0.1, 0.15) is 73.9 Å². The largest absolute Gasteiger partial charge is 0.309 e. The predicted molar refractivity (Wildman–Crippen MR) is 108 cm³/mol. The van der Waals surface area contributed by atoms with Crippen molar-refractivity contribution >= 4 is 17.3 Å². The molecular weight excluding hydrogens is 350 g/mol. The first-order valence-corrected chi connectivity index (χ1v) is 9.55. The number of carbonyl (C=O) groups excluding carboxylic acids is 3. The van der Waals surface area contributed by atoms with Gasteiger partial charge in [0.1, 0.15) is 5.69 Å². The summed E-state index contributed by atoms with van der Waals surface area (Å²) in [5.41, 5.74) is 4.32. The summed E-state index contributed by atoms with van der Waals surface area (Å²) in [6.07, 6.45) is 0.819. The molecule has 1 aliphatic carbocycles. The van der Waals surface area contributed by atoms with Crippen LogP contribution in [-0.4, -0.2) is 21.9 Å². The van der Waals surface area contributed by atoms with Crippen LogP contribution in [0.15, 0.2) is 48.5 Å². The molecule has 0 atom stereocenters. The molecule has 0 unspecified atom stereocenters. The predicted octanol–water partition coefficient (Wildman–Crippen LogP) is 4.72. The minimum Gasteiger partial charge on any atom is -0.309 e. The van der Waals surface area contributed by atoms with Crippen molar-refractivity contribution in [2.75, 3.05) is 0 Å². The number of fused-ring (bicyclic) bond motifs is 2. The molecule has 140 valence electrons. The molecule has 0 bridgehead atoms. The van der Waals surface area contributed by atoms with E-state index in [0.29, 0.717) is 28.8 Å². The van der Waals surface area contributed by atoms with Crippen molar-refractivity contribution in [3.63, 3.8) is 0 Å². The Morgan fingerprint density at radius 3 is 2.07 bits per heavy atom. The highest BCUT2D eigenvalue weighted by Crippen LogP contribution is 2.36. The van der Waals surface area contributed by atoms with E-state index in [2.05, 4.69) is 0 Å². The molecule has 3 aromatic rings. The first kappa shape index (κ1) is 18.1. The van der Waals surface area contributed by atoms with Crippen LogP contribution in [0.5, 0.6) is 0 Å². The van der Waals surface area contributed by atoms with Crippen LogP contribution in [0.25, 0.3) is 5.69 Å². The maximum Gasteiger partial charge on any atom is 0.211 e. The van der Waals surface area contributed by atoms with Crippen molar-refractivity contribution in [1.29, 1.82) is 0 Å². The summed E-state index contributed by atoms with van der Waals surface area (Å²) in [6.45, 7) is 5.72. The van der Waals surface area contributed by atoms with Crippen molar-refractivity contribution in [1.82, 2.24) is 4.57 Å². The minimum absolute atomic E-state index is 0.112. The molecule has 1 aliphatic rings. The Kier molecular flexibility index (Phi) is 4.34. The van der Waals surface area contributed by atoms with Crippen LogP contribution < -0.4 is 0 Å². The van der Waals surface area contributed by atoms with Gasteiger partial charge in [-0.05, 0) is 25.5 Å². The Bertz CT molecular complexity index is 1130. The van der Waals surface area contributed by atoms with Gasteiger partial charge in [0.05, 0.1) is 11.1 Å². The SMILES string of the molecule is CCC(=O)c1c2c(n(-c3ccc(C)cc3)c1CC)C(=O)c1ccccc1C2=O. The number of benzene rings is 2. The lowest BCUT2D eigenvalue weighted by Crippen LogP contribution is -2.23. The zero-order chi connectivity index (χ0) is 20.0. The third kappa shape index (κ3) is 2.48. The fraction of sp³-hybridized carbons (Fsp3) is 0.208. The summed E-state index contributed by atoms with van der Waals surface area (Å²) in [5, 5.41) is 0. The standard InChI is InChI=1S/C24H21NO3/c1-4-18-20(19(26)5-2)21-22(25(18)15-12-10-14(3)11-13-15)24(28)17-9-7-6-8-16(17)23(21)27/h6-13H,4-5H2,1-3H3. The molecule has 4 rings (SSSR count). The molecule has 2 aromatic carbocycles. The van der Waals surface area contributed by atoms with E-state index in [-0.39, 0.29) is 29.3 Å². The molecule has 28 heavy (non-hydrogen) atoms. The van der Waals surface area contributed by atoms with Gasteiger partial charge in [0.15, 0.2) is 11.6 Å². The lowest BCUT2D eigenvalue weighted by atomic mass is 9.85. The molecule has 0 spiro atoms. The Labute approximate surface area is 163 Å². The van der Waals surface area contributed by atoms with Gasteiger partial charge in [-0.3, -0.25) is 14.4 Å². The maximum atomic E-state index is 13.4. The smallest absolute Gasteiger partial charge is 0.211 e. The van der Waals surface area contributed by atoms with E-state index in [4.69, 9.17) is 0 Å². The van der Waals surface area contributed by atoms with Crippen LogP contribution in [0.4, 0.5) is 0 Å². The van der Waals surface area contributed by atoms with E-state index in [0.717, 1.165) is 16.9 Å². The van der Waals surface area contributed by atoms with E-state index >= 15 is 0 Å². The van der Waals surface area contributed by atoms with E-state index < -0.39 is 0 Å². The van der Waals surface area contributed by atoms with Crippen LogP contribution in [0.3, 0.4) is 0 Å². The molecule has 0 saturated heterocycles. The lowest BCUT2D eigenvalue weighted by molar-refractivity contribution is 0.0960. The number of hydrogen-bond acceptors (Lipinski definition) is 3. The van der Waals surface area contributed by atoms with E-state index in [1.54, 1.807) is 31.2 Å². The third-order valence-corrected chi connectivity index (χ3v) is 5.35. The molecule has 4 nitrogen and oxygen atoms in total. The van der Waals surface area contributed by atoms with Crippen molar-refractivity contribution < 1.29 is 14.4 Å². The number of rotatable bonds is 4. The second kappa shape index (κ2) is 6.71. The van der Waals surface area contributed by atoms with Gasteiger partial charge in [-0.1, -0.05) is 55.8 Å².